The Balaban J connectivity index is 0.000000387. The summed E-state index contributed by atoms with van der Waals surface area (Å²) in [5.74, 6) is -8.75. The van der Waals surface area contributed by atoms with Crippen LogP contribution in [-0.4, -0.2) is 154 Å². The van der Waals surface area contributed by atoms with Gasteiger partial charge in [0.15, 0.2) is 11.5 Å². The first kappa shape index (κ1) is 79.5. The van der Waals surface area contributed by atoms with Crippen LogP contribution in [0.1, 0.15) is 95.0 Å². The maximum absolute atomic E-state index is 12.9. The van der Waals surface area contributed by atoms with Crippen molar-refractivity contribution in [1.82, 2.24) is 42.5 Å². The van der Waals surface area contributed by atoms with Crippen molar-refractivity contribution in [3.63, 3.8) is 0 Å². The van der Waals surface area contributed by atoms with Crippen molar-refractivity contribution in [3.05, 3.63) is 160 Å². The van der Waals surface area contributed by atoms with Gasteiger partial charge in [-0.3, -0.25) is 52.7 Å². The van der Waals surface area contributed by atoms with Gasteiger partial charge in [0.1, 0.15) is 36.8 Å². The topological polar surface area (TPSA) is 504 Å². The molecule has 0 bridgehead atoms. The Kier molecular flexibility index (Phi) is 33.5. The molecule has 0 aliphatic carbocycles. The molecule has 5 aromatic carbocycles. The van der Waals surface area contributed by atoms with Gasteiger partial charge in [0.05, 0.1) is 43.9 Å². The molecule has 5 rings (SSSR count). The molecule has 16 N–H and O–H groups in total. The van der Waals surface area contributed by atoms with E-state index in [4.69, 9.17) is 20.9 Å². The van der Waals surface area contributed by atoms with Gasteiger partial charge in [-0.2, -0.15) is 0 Å². The van der Waals surface area contributed by atoms with Crippen LogP contribution in [0.3, 0.4) is 0 Å². The van der Waals surface area contributed by atoms with Crippen LogP contribution in [0.5, 0.6) is 11.5 Å². The van der Waals surface area contributed by atoms with E-state index in [0.29, 0.717) is 5.56 Å². The van der Waals surface area contributed by atoms with Gasteiger partial charge in [-0.25, -0.2) is 19.2 Å². The average molecular weight is 1340 g/mol. The minimum Gasteiger partial charge on any atom is -0.504 e. The Morgan fingerprint density at radius 3 is 1.29 bits per heavy atom. The smallest absolute Gasteiger partial charge is 0.408 e. The molecular weight excluding hydrogens is 1260 g/mol. The van der Waals surface area contributed by atoms with Crippen molar-refractivity contribution < 1.29 is 82.6 Å². The minimum absolute atomic E-state index is 0.00254. The third-order valence-corrected chi connectivity index (χ3v) is 13.8. The molecule has 31 nitrogen and oxygen atoms in total. The summed E-state index contributed by atoms with van der Waals surface area (Å²) in [7, 11) is 0. The predicted molar refractivity (Wildman–Crippen MR) is 346 cm³/mol. The fourth-order valence-electron chi connectivity index (χ4n) is 8.88. The molecule has 0 spiro atoms. The van der Waals surface area contributed by atoms with E-state index < -0.39 is 142 Å². The van der Waals surface area contributed by atoms with Crippen molar-refractivity contribution in [2.24, 2.45) is 23.3 Å². The second-order valence-corrected chi connectivity index (χ2v) is 23.1. The number of alkyl carbamates (subject to hydrolysis) is 1. The zero-order valence-electron chi connectivity index (χ0n) is 53.9. The number of ether oxygens (including phenoxy) is 2. The number of aromatic hydroxyl groups is 1. The van der Waals surface area contributed by atoms with Gasteiger partial charge in [-0.1, -0.05) is 119 Å². The summed E-state index contributed by atoms with van der Waals surface area (Å²) in [4.78, 5) is 178. The number of amides is 8. The number of carbonyl (C=O) groups excluding carboxylic acids is 8. The molecule has 0 fully saturated rings. The molecule has 0 aliphatic heterocycles. The van der Waals surface area contributed by atoms with Gasteiger partial charge in [0.25, 0.3) is 10.9 Å². The van der Waals surface area contributed by atoms with Crippen LogP contribution in [-0.2, 0) is 85.0 Å². The summed E-state index contributed by atoms with van der Waals surface area (Å²) in [5.41, 5.74) is 10.0. The largest absolute Gasteiger partial charge is 0.504 e. The number of benzene rings is 3. The Morgan fingerprint density at radius 1 is 0.458 bits per heavy atom. The van der Waals surface area contributed by atoms with Gasteiger partial charge in [0.2, 0.25) is 52.2 Å². The Labute approximate surface area is 551 Å². The summed E-state index contributed by atoms with van der Waals surface area (Å²) < 4.78 is 10.3. The number of carboxylic acids is 3. The number of carboxylic acid groups (broad SMARTS) is 3. The molecular formula is C65H84N10O21. The van der Waals surface area contributed by atoms with Crippen LogP contribution in [0.15, 0.2) is 110 Å². The number of hydrogen-bond acceptors (Lipinski definition) is 20. The van der Waals surface area contributed by atoms with Crippen molar-refractivity contribution >= 4 is 65.4 Å². The van der Waals surface area contributed by atoms with Crippen LogP contribution in [0, 0.1) is 11.8 Å². The molecule has 6 atom stereocenters. The standard InChI is InChI=1S/C27H35N5O9.C19H28N4O5.C19H21NO7/c1-14(2)10-19(27(40)41)32-26(39)18(11-15-6-4-3-5-7-15)31-21(34)13-29-20(33)12-30-25(38)17(28)9-8-16-22(35)24(37)23(16)36;1-12(2)8-15(19(27)28)23-18(26)14(9-13-6-4-3-5-7-13)22-17(25)11-21-16(24)10-20;1-11(2)27-17-13(15(21)16(17)22)8-9-14(18(23)24)20-19(25)26-10-12-6-4-3-5-7-12/h3-7,14,17-19,35H,8-13,28H2,1-2H3,(H,29,33)(H,30,38)(H,31,34)(H,32,39)(H,40,41);3-7,12,14-15H,8-11,20H2,1-2H3,(H,21,24)(H,22,25)(H,23,26)(H,27,28);3-7,11,14H,8-10H2,1-2H3,(H,20,25)(H,23,24)/t17-,18-,19-;14-,15-;14-/m000/s1. The number of nitrogens with one attached hydrogen (secondary N) is 8. The third kappa shape index (κ3) is 28.3. The first-order chi connectivity index (χ1) is 45.3. The number of rotatable bonds is 36. The lowest BCUT2D eigenvalue weighted by molar-refractivity contribution is -0.143. The van der Waals surface area contributed by atoms with Crippen LogP contribution in [0.2, 0.25) is 0 Å². The van der Waals surface area contributed by atoms with E-state index in [-0.39, 0.29) is 106 Å². The molecule has 31 heteroatoms. The highest BCUT2D eigenvalue weighted by Crippen LogP contribution is 2.17. The summed E-state index contributed by atoms with van der Waals surface area (Å²) >= 11 is 0. The first-order valence-corrected chi connectivity index (χ1v) is 30.5. The van der Waals surface area contributed by atoms with Gasteiger partial charge in [-0.15, -0.1) is 0 Å². The van der Waals surface area contributed by atoms with E-state index in [1.54, 1.807) is 92.7 Å². The van der Waals surface area contributed by atoms with Crippen LogP contribution >= 0.6 is 0 Å². The van der Waals surface area contributed by atoms with E-state index in [2.05, 4.69) is 42.5 Å². The average Bonchev–Trinajstić information content (AvgIpc) is 0.788. The van der Waals surface area contributed by atoms with Gasteiger partial charge < -0.3 is 83.9 Å². The Bertz CT molecular complexity index is 3590. The molecule has 0 unspecified atom stereocenters. The lowest BCUT2D eigenvalue weighted by atomic mass is 10.0. The van der Waals surface area contributed by atoms with E-state index in [9.17, 15) is 92.3 Å². The molecule has 0 radical (unpaired) electrons. The number of carbonyl (C=O) groups is 11. The van der Waals surface area contributed by atoms with Crippen LogP contribution in [0.25, 0.3) is 0 Å². The highest BCUT2D eigenvalue weighted by atomic mass is 16.5. The lowest BCUT2D eigenvalue weighted by Gasteiger charge is -2.22. The molecule has 5 aromatic rings. The molecule has 520 valence electrons. The maximum Gasteiger partial charge on any atom is 0.408 e. The summed E-state index contributed by atoms with van der Waals surface area (Å²) in [5, 5.41) is 56.6. The van der Waals surface area contributed by atoms with Gasteiger partial charge in [0, 0.05) is 18.4 Å². The maximum atomic E-state index is 12.9. The second-order valence-electron chi connectivity index (χ2n) is 23.1. The number of aliphatic carboxylic acids is 3. The van der Waals surface area contributed by atoms with E-state index in [1.165, 1.54) is 0 Å². The zero-order valence-corrected chi connectivity index (χ0v) is 53.9. The highest BCUT2D eigenvalue weighted by molar-refractivity contribution is 5.94. The molecule has 0 saturated heterocycles. The van der Waals surface area contributed by atoms with Gasteiger partial charge >= 0.3 is 24.0 Å². The Hall–Kier alpha value is -10.7. The van der Waals surface area contributed by atoms with Crippen molar-refractivity contribution in [2.45, 2.75) is 142 Å². The van der Waals surface area contributed by atoms with Crippen molar-refractivity contribution in [1.29, 1.82) is 0 Å². The highest BCUT2D eigenvalue weighted by Gasteiger charge is 2.31. The molecule has 0 saturated carbocycles. The summed E-state index contributed by atoms with van der Waals surface area (Å²) in [6, 6.07) is 20.0. The molecule has 0 heterocycles. The van der Waals surface area contributed by atoms with E-state index in [1.807, 2.05) is 39.8 Å². The number of hydrogen-bond donors (Lipinski definition) is 14. The molecule has 8 amide bonds. The van der Waals surface area contributed by atoms with Crippen LogP contribution in [0.4, 0.5) is 4.79 Å². The molecule has 0 aromatic heterocycles. The monoisotopic (exact) mass is 1340 g/mol. The molecule has 96 heavy (non-hydrogen) atoms. The fraction of sp³-hybridized carbons (Fsp3) is 0.431. The second kappa shape index (κ2) is 40.4. The normalized spacial score (nSPS) is 12.7. The Morgan fingerprint density at radius 2 is 0.875 bits per heavy atom. The minimum atomic E-state index is -1.27. The lowest BCUT2D eigenvalue weighted by Crippen LogP contribution is -2.54. The first-order valence-electron chi connectivity index (χ1n) is 30.5. The molecule has 0 aliphatic rings. The van der Waals surface area contributed by atoms with E-state index >= 15 is 0 Å². The third-order valence-electron chi connectivity index (χ3n) is 13.8. The van der Waals surface area contributed by atoms with E-state index in [0.717, 1.165) is 11.1 Å². The van der Waals surface area contributed by atoms with Gasteiger partial charge in [-0.05, 0) is 80.9 Å². The zero-order chi connectivity index (χ0) is 71.8. The fourth-order valence-corrected chi connectivity index (χ4v) is 8.88. The van der Waals surface area contributed by atoms with Crippen molar-refractivity contribution in [2.75, 3.05) is 26.2 Å². The van der Waals surface area contributed by atoms with Crippen molar-refractivity contribution in [3.8, 4) is 11.5 Å². The number of nitrogens with two attached hydrogens (primary N) is 2. The van der Waals surface area contributed by atoms with Crippen LogP contribution < -0.4 is 80.5 Å². The quantitative estimate of drug-likeness (QED) is 0.0205. The SMILES string of the molecule is CC(C)C[C@H](NC(=O)[C@H](Cc1ccccc1)NC(=O)CNC(=O)CN)C(=O)O.CC(C)C[C@H](NC(=O)[C@H](Cc1ccccc1)NC(=O)CNC(=O)CNC(=O)[C@@H](N)CCc1c(O)c(=O)c1=O)C(=O)O.CC(C)Oc1c(CC[C@H](NC(=O)OCc2ccccc2)C(=O)O)c(=O)c1=O. The predicted octanol–water partition coefficient (Wildman–Crippen LogP) is -1.39. The summed E-state index contributed by atoms with van der Waals surface area (Å²) in [6.45, 7) is 9.13. The summed E-state index contributed by atoms with van der Waals surface area (Å²) in [6.07, 6.45) is -0.671.